The number of anilines is 1. The summed E-state index contributed by atoms with van der Waals surface area (Å²) in [5, 5.41) is 0. The van der Waals surface area contributed by atoms with E-state index in [1.807, 2.05) is 6.92 Å². The minimum Gasteiger partial charge on any atom is -0.494 e. The van der Waals surface area contributed by atoms with Gasteiger partial charge in [0.15, 0.2) is 0 Å². The van der Waals surface area contributed by atoms with Gasteiger partial charge in [0.2, 0.25) is 0 Å². The molecule has 1 rings (SSSR count). The second kappa shape index (κ2) is 8.89. The maximum Gasteiger partial charge on any atom is 0.119 e. The highest BCUT2D eigenvalue weighted by atomic mass is 16.5. The molecule has 0 aromatic heterocycles. The van der Waals surface area contributed by atoms with Gasteiger partial charge >= 0.3 is 0 Å². The third kappa shape index (κ3) is 5.44. The quantitative estimate of drug-likeness (QED) is 0.620. The van der Waals surface area contributed by atoms with Crippen LogP contribution in [0.1, 0.15) is 53.9 Å². The van der Waals surface area contributed by atoms with Crippen LogP contribution in [0.15, 0.2) is 24.3 Å². The zero-order chi connectivity index (χ0) is 15.0. The van der Waals surface area contributed by atoms with E-state index in [9.17, 15) is 0 Å². The molecule has 2 heteroatoms. The van der Waals surface area contributed by atoms with Crippen LogP contribution in [0.3, 0.4) is 0 Å². The fraction of sp³-hybridized carbons (Fsp3) is 0.667. The normalized spacial score (nSPS) is 12.5. The number of rotatable bonds is 9. The lowest BCUT2D eigenvalue weighted by atomic mass is 10.0. The summed E-state index contributed by atoms with van der Waals surface area (Å²) < 4.78 is 5.53. The molecule has 0 aliphatic carbocycles. The third-order valence-electron chi connectivity index (χ3n) is 3.58. The monoisotopic (exact) mass is 277 g/mol. The van der Waals surface area contributed by atoms with Crippen LogP contribution in [-0.4, -0.2) is 19.2 Å². The van der Waals surface area contributed by atoms with Crippen molar-refractivity contribution in [2.75, 3.05) is 18.1 Å². The Morgan fingerprint density at radius 1 is 1.05 bits per heavy atom. The van der Waals surface area contributed by atoms with Crippen LogP contribution in [0.25, 0.3) is 0 Å². The smallest absolute Gasteiger partial charge is 0.119 e. The van der Waals surface area contributed by atoms with Gasteiger partial charge in [-0.1, -0.05) is 27.2 Å². The lowest BCUT2D eigenvalue weighted by Crippen LogP contribution is -2.34. The topological polar surface area (TPSA) is 12.5 Å². The highest BCUT2D eigenvalue weighted by Crippen LogP contribution is 2.24. The fourth-order valence-electron chi connectivity index (χ4n) is 2.64. The molecule has 0 amide bonds. The Labute approximate surface area is 125 Å². The first-order valence-corrected chi connectivity index (χ1v) is 8.07. The lowest BCUT2D eigenvalue weighted by molar-refractivity contribution is 0.340. The molecule has 0 saturated carbocycles. The molecule has 0 saturated heterocycles. The van der Waals surface area contributed by atoms with Gasteiger partial charge in [0, 0.05) is 18.3 Å². The van der Waals surface area contributed by atoms with Crippen LogP contribution in [0.2, 0.25) is 0 Å². The summed E-state index contributed by atoms with van der Waals surface area (Å²) in [7, 11) is 0. The summed E-state index contributed by atoms with van der Waals surface area (Å²) in [4.78, 5) is 2.54. The van der Waals surface area contributed by atoms with E-state index in [1.54, 1.807) is 0 Å². The average Bonchev–Trinajstić information content (AvgIpc) is 2.40. The molecule has 0 fully saturated rings. The van der Waals surface area contributed by atoms with Crippen molar-refractivity contribution in [3.05, 3.63) is 24.3 Å². The molecule has 0 bridgehead atoms. The SMILES string of the molecule is CCCCN(c1ccc(OCC)cc1)C(C)CC(C)C. The number of ether oxygens (including phenoxy) is 1. The molecule has 0 N–H and O–H groups in total. The van der Waals surface area contributed by atoms with Crippen molar-refractivity contribution in [1.29, 1.82) is 0 Å². The van der Waals surface area contributed by atoms with Crippen molar-refractivity contribution in [2.24, 2.45) is 5.92 Å². The minimum absolute atomic E-state index is 0.583. The summed E-state index contributed by atoms with van der Waals surface area (Å²) in [5.41, 5.74) is 1.31. The van der Waals surface area contributed by atoms with Gasteiger partial charge in [0.05, 0.1) is 6.61 Å². The second-order valence-electron chi connectivity index (χ2n) is 5.95. The highest BCUT2D eigenvalue weighted by Gasteiger charge is 2.15. The van der Waals surface area contributed by atoms with Crippen LogP contribution in [0.5, 0.6) is 5.75 Å². The molecule has 2 nitrogen and oxygen atoms in total. The molecule has 1 aromatic rings. The first kappa shape index (κ1) is 16.9. The molecule has 114 valence electrons. The molecule has 1 unspecified atom stereocenters. The Bertz CT molecular complexity index is 358. The third-order valence-corrected chi connectivity index (χ3v) is 3.58. The predicted molar refractivity (Wildman–Crippen MR) is 88.8 cm³/mol. The van der Waals surface area contributed by atoms with Crippen LogP contribution >= 0.6 is 0 Å². The van der Waals surface area contributed by atoms with E-state index in [2.05, 4.69) is 56.9 Å². The summed E-state index contributed by atoms with van der Waals surface area (Å²) in [6.45, 7) is 13.1. The lowest BCUT2D eigenvalue weighted by Gasteiger charge is -2.32. The Morgan fingerprint density at radius 2 is 1.70 bits per heavy atom. The van der Waals surface area contributed by atoms with Gasteiger partial charge in [0.1, 0.15) is 5.75 Å². The van der Waals surface area contributed by atoms with Gasteiger partial charge < -0.3 is 9.64 Å². The van der Waals surface area contributed by atoms with E-state index in [-0.39, 0.29) is 0 Å². The highest BCUT2D eigenvalue weighted by molar-refractivity contribution is 5.49. The Kier molecular flexibility index (Phi) is 7.50. The van der Waals surface area contributed by atoms with Gasteiger partial charge in [-0.3, -0.25) is 0 Å². The van der Waals surface area contributed by atoms with Crippen molar-refractivity contribution in [3.8, 4) is 5.75 Å². The summed E-state index contributed by atoms with van der Waals surface area (Å²) >= 11 is 0. The molecule has 0 heterocycles. The summed E-state index contributed by atoms with van der Waals surface area (Å²) in [6, 6.07) is 9.13. The standard InChI is InChI=1S/C18H31NO/c1-6-8-13-19(16(5)14-15(3)4)17-9-11-18(12-10-17)20-7-2/h9-12,15-16H,6-8,13-14H2,1-5H3. The second-order valence-corrected chi connectivity index (χ2v) is 5.95. The maximum atomic E-state index is 5.53. The Balaban J connectivity index is 2.80. The number of benzene rings is 1. The molecular formula is C18H31NO. The first-order valence-electron chi connectivity index (χ1n) is 8.07. The average molecular weight is 277 g/mol. The van der Waals surface area contributed by atoms with Crippen LogP contribution in [0.4, 0.5) is 5.69 Å². The van der Waals surface area contributed by atoms with E-state index < -0.39 is 0 Å². The van der Waals surface area contributed by atoms with Gasteiger partial charge in [0.25, 0.3) is 0 Å². The van der Waals surface area contributed by atoms with Crippen molar-refractivity contribution >= 4 is 5.69 Å². The van der Waals surface area contributed by atoms with E-state index in [0.29, 0.717) is 6.04 Å². The van der Waals surface area contributed by atoms with Crippen LogP contribution < -0.4 is 9.64 Å². The number of nitrogens with zero attached hydrogens (tertiary/aromatic N) is 1. The molecule has 1 aromatic carbocycles. The number of hydrogen-bond acceptors (Lipinski definition) is 2. The fourth-order valence-corrected chi connectivity index (χ4v) is 2.64. The largest absolute Gasteiger partial charge is 0.494 e. The molecular weight excluding hydrogens is 246 g/mol. The summed E-state index contributed by atoms with van der Waals surface area (Å²) in [6.07, 6.45) is 3.72. The van der Waals surface area contributed by atoms with Crippen LogP contribution in [0, 0.1) is 5.92 Å². The minimum atomic E-state index is 0.583. The molecule has 0 aliphatic heterocycles. The van der Waals surface area contributed by atoms with Gasteiger partial charge in [-0.15, -0.1) is 0 Å². The van der Waals surface area contributed by atoms with E-state index in [1.165, 1.54) is 24.9 Å². The van der Waals surface area contributed by atoms with Gasteiger partial charge in [-0.25, -0.2) is 0 Å². The molecule has 0 spiro atoms. The van der Waals surface area contributed by atoms with Crippen molar-refractivity contribution in [1.82, 2.24) is 0 Å². The van der Waals surface area contributed by atoms with E-state index in [4.69, 9.17) is 4.74 Å². The van der Waals surface area contributed by atoms with Crippen molar-refractivity contribution < 1.29 is 4.74 Å². The first-order chi connectivity index (χ1) is 9.58. The Hall–Kier alpha value is -1.18. The molecule has 20 heavy (non-hydrogen) atoms. The number of unbranched alkanes of at least 4 members (excludes halogenated alkanes) is 1. The zero-order valence-corrected chi connectivity index (χ0v) is 13.9. The number of hydrogen-bond donors (Lipinski definition) is 0. The molecule has 1 atom stereocenters. The van der Waals surface area contributed by atoms with Gasteiger partial charge in [-0.05, 0) is 56.9 Å². The summed E-state index contributed by atoms with van der Waals surface area (Å²) in [5.74, 6) is 1.69. The van der Waals surface area contributed by atoms with Crippen LogP contribution in [-0.2, 0) is 0 Å². The van der Waals surface area contributed by atoms with E-state index in [0.717, 1.165) is 24.8 Å². The van der Waals surface area contributed by atoms with E-state index >= 15 is 0 Å². The van der Waals surface area contributed by atoms with Crippen molar-refractivity contribution in [3.63, 3.8) is 0 Å². The predicted octanol–water partition coefficient (Wildman–Crippen LogP) is 5.13. The van der Waals surface area contributed by atoms with Gasteiger partial charge in [-0.2, -0.15) is 0 Å². The molecule has 0 aliphatic rings. The Morgan fingerprint density at radius 3 is 2.20 bits per heavy atom. The maximum absolute atomic E-state index is 5.53. The van der Waals surface area contributed by atoms with Crippen molar-refractivity contribution in [2.45, 2.75) is 59.9 Å². The molecule has 0 radical (unpaired) electrons. The zero-order valence-electron chi connectivity index (χ0n) is 13.9.